The van der Waals surface area contributed by atoms with E-state index >= 15 is 0 Å². The highest BCUT2D eigenvalue weighted by Gasteiger charge is 2.43. The van der Waals surface area contributed by atoms with Gasteiger partial charge in [0.2, 0.25) is 0 Å². The van der Waals surface area contributed by atoms with E-state index in [0.29, 0.717) is 48.9 Å². The molecule has 1 aromatic carbocycles. The molecule has 2 fully saturated rings. The fourth-order valence-corrected chi connectivity index (χ4v) is 3.39. The number of alkyl carbamates (subject to hydrolysis) is 1. The number of aromatic amines is 1. The number of nitrogens with zero attached hydrogens (tertiary/aromatic N) is 2. The number of halogens is 1. The van der Waals surface area contributed by atoms with Gasteiger partial charge in [-0.25, -0.2) is 4.79 Å². The summed E-state index contributed by atoms with van der Waals surface area (Å²) in [5.74, 6) is -0.0974. The predicted molar refractivity (Wildman–Crippen MR) is 91.4 cm³/mol. The van der Waals surface area contributed by atoms with Crippen molar-refractivity contribution in [2.24, 2.45) is 0 Å². The summed E-state index contributed by atoms with van der Waals surface area (Å²) in [5, 5.41) is 10.4. The number of benzene rings is 1. The number of ether oxygens (including phenoxy) is 1. The fraction of sp³-hybridized carbons (Fsp3) is 0.353. The van der Waals surface area contributed by atoms with Crippen molar-refractivity contribution in [1.82, 2.24) is 20.4 Å². The van der Waals surface area contributed by atoms with Crippen molar-refractivity contribution in [3.8, 4) is 11.3 Å². The van der Waals surface area contributed by atoms with Crippen molar-refractivity contribution in [3.63, 3.8) is 0 Å². The molecule has 0 atom stereocenters. The van der Waals surface area contributed by atoms with Crippen LogP contribution in [0.5, 0.6) is 0 Å². The molecule has 2 aromatic rings. The molecule has 0 bridgehead atoms. The van der Waals surface area contributed by atoms with Crippen molar-refractivity contribution >= 4 is 23.6 Å². The zero-order chi connectivity index (χ0) is 17.4. The average molecular weight is 361 g/mol. The lowest BCUT2D eigenvalue weighted by Crippen LogP contribution is -2.48. The molecule has 2 amide bonds. The highest BCUT2D eigenvalue weighted by atomic mass is 35.5. The van der Waals surface area contributed by atoms with E-state index in [-0.39, 0.29) is 12.0 Å². The average Bonchev–Trinajstić information content (AvgIpc) is 3.23. The van der Waals surface area contributed by atoms with Gasteiger partial charge in [-0.2, -0.15) is 5.10 Å². The summed E-state index contributed by atoms with van der Waals surface area (Å²) in [6.07, 6.45) is 0.895. The number of likely N-dealkylation sites (tertiary alicyclic amines) is 1. The first-order valence-electron chi connectivity index (χ1n) is 8.12. The number of piperidine rings is 1. The third kappa shape index (κ3) is 3.07. The lowest BCUT2D eigenvalue weighted by Gasteiger charge is -2.36. The molecule has 2 aliphatic heterocycles. The molecule has 1 aromatic heterocycles. The Morgan fingerprint density at radius 1 is 1.24 bits per heavy atom. The van der Waals surface area contributed by atoms with E-state index in [1.807, 2.05) is 12.1 Å². The topological polar surface area (TPSA) is 87.3 Å². The summed E-state index contributed by atoms with van der Waals surface area (Å²) in [7, 11) is 0. The minimum absolute atomic E-state index is 0.0974. The summed E-state index contributed by atoms with van der Waals surface area (Å²) in [6.45, 7) is 1.60. The summed E-state index contributed by atoms with van der Waals surface area (Å²) in [5.41, 5.74) is 1.57. The van der Waals surface area contributed by atoms with Gasteiger partial charge in [0.1, 0.15) is 11.3 Å². The Bertz CT molecular complexity index is 810. The van der Waals surface area contributed by atoms with Crippen molar-refractivity contribution in [2.75, 3.05) is 19.6 Å². The number of carbonyl (C=O) groups excluding carboxylic acids is 2. The molecule has 130 valence electrons. The van der Waals surface area contributed by atoms with Crippen LogP contribution in [0.4, 0.5) is 4.79 Å². The van der Waals surface area contributed by atoms with Gasteiger partial charge < -0.3 is 15.0 Å². The SMILES string of the molecule is O=C1NCC2(CCN(C(=O)c3cc(-c4ccc(Cl)cc4)n[nH]3)CC2)O1. The zero-order valence-electron chi connectivity index (χ0n) is 13.4. The number of carbonyl (C=O) groups is 2. The van der Waals surface area contributed by atoms with Crippen molar-refractivity contribution in [2.45, 2.75) is 18.4 Å². The van der Waals surface area contributed by atoms with Crippen LogP contribution in [0.1, 0.15) is 23.3 Å². The van der Waals surface area contributed by atoms with Gasteiger partial charge in [-0.05, 0) is 18.2 Å². The quantitative estimate of drug-likeness (QED) is 0.861. The second-order valence-electron chi connectivity index (χ2n) is 6.39. The first kappa shape index (κ1) is 16.0. The summed E-state index contributed by atoms with van der Waals surface area (Å²) in [4.78, 5) is 25.7. The van der Waals surface area contributed by atoms with E-state index in [2.05, 4.69) is 15.5 Å². The van der Waals surface area contributed by atoms with Crippen molar-refractivity contribution in [3.05, 3.63) is 41.0 Å². The summed E-state index contributed by atoms with van der Waals surface area (Å²) >= 11 is 5.89. The first-order valence-corrected chi connectivity index (χ1v) is 8.50. The van der Waals surface area contributed by atoms with E-state index in [0.717, 1.165) is 5.56 Å². The van der Waals surface area contributed by atoms with Gasteiger partial charge in [0.05, 0.1) is 12.2 Å². The van der Waals surface area contributed by atoms with Crippen LogP contribution in [0.15, 0.2) is 30.3 Å². The monoisotopic (exact) mass is 360 g/mol. The molecule has 2 N–H and O–H groups in total. The van der Waals surface area contributed by atoms with E-state index in [1.165, 1.54) is 0 Å². The molecular formula is C17H17ClN4O3. The maximum absolute atomic E-state index is 12.7. The van der Waals surface area contributed by atoms with Crippen LogP contribution >= 0.6 is 11.6 Å². The first-order chi connectivity index (χ1) is 12.0. The van der Waals surface area contributed by atoms with E-state index in [1.54, 1.807) is 23.1 Å². The van der Waals surface area contributed by atoms with Gasteiger partial charge in [0, 0.05) is 36.5 Å². The van der Waals surface area contributed by atoms with Gasteiger partial charge in [-0.1, -0.05) is 23.7 Å². The number of rotatable bonds is 2. The van der Waals surface area contributed by atoms with Crippen LogP contribution in [0, 0.1) is 0 Å². The van der Waals surface area contributed by atoms with Crippen molar-refractivity contribution in [1.29, 1.82) is 0 Å². The Kier molecular flexibility index (Phi) is 3.88. The Hall–Kier alpha value is -2.54. The van der Waals surface area contributed by atoms with Crippen LogP contribution in [-0.4, -0.2) is 52.3 Å². The van der Waals surface area contributed by atoms with Crippen LogP contribution in [-0.2, 0) is 4.74 Å². The van der Waals surface area contributed by atoms with E-state index in [9.17, 15) is 9.59 Å². The normalized spacial score (nSPS) is 18.9. The Morgan fingerprint density at radius 2 is 1.96 bits per heavy atom. The molecule has 3 heterocycles. The van der Waals surface area contributed by atoms with Crippen LogP contribution < -0.4 is 5.32 Å². The number of aromatic nitrogens is 2. The van der Waals surface area contributed by atoms with Gasteiger partial charge >= 0.3 is 6.09 Å². The number of nitrogens with one attached hydrogen (secondary N) is 2. The number of amides is 2. The molecular weight excluding hydrogens is 344 g/mol. The summed E-state index contributed by atoms with van der Waals surface area (Å²) < 4.78 is 5.38. The van der Waals surface area contributed by atoms with E-state index in [4.69, 9.17) is 16.3 Å². The Morgan fingerprint density at radius 3 is 2.60 bits per heavy atom. The Labute approximate surface area is 149 Å². The number of hydrogen-bond acceptors (Lipinski definition) is 4. The lowest BCUT2D eigenvalue weighted by atomic mass is 9.91. The molecule has 0 radical (unpaired) electrons. The number of H-pyrrole nitrogens is 1. The minimum atomic E-state index is -0.462. The molecule has 4 rings (SSSR count). The number of hydrogen-bond donors (Lipinski definition) is 2. The molecule has 2 aliphatic rings. The third-order valence-corrected chi connectivity index (χ3v) is 5.03. The smallest absolute Gasteiger partial charge is 0.407 e. The second-order valence-corrected chi connectivity index (χ2v) is 6.83. The molecule has 0 saturated carbocycles. The van der Waals surface area contributed by atoms with E-state index < -0.39 is 5.60 Å². The maximum atomic E-state index is 12.7. The summed E-state index contributed by atoms with van der Waals surface area (Å²) in [6, 6.07) is 9.03. The van der Waals surface area contributed by atoms with Crippen molar-refractivity contribution < 1.29 is 14.3 Å². The van der Waals surface area contributed by atoms with Gasteiger partial charge in [-0.15, -0.1) is 0 Å². The third-order valence-electron chi connectivity index (χ3n) is 4.77. The molecule has 7 nitrogen and oxygen atoms in total. The maximum Gasteiger partial charge on any atom is 0.407 e. The van der Waals surface area contributed by atoms with Crippen LogP contribution in [0.25, 0.3) is 11.3 Å². The zero-order valence-corrected chi connectivity index (χ0v) is 14.2. The Balaban J connectivity index is 1.44. The molecule has 25 heavy (non-hydrogen) atoms. The fourth-order valence-electron chi connectivity index (χ4n) is 3.27. The van der Waals surface area contributed by atoms with Gasteiger partial charge in [0.25, 0.3) is 5.91 Å². The largest absolute Gasteiger partial charge is 0.441 e. The minimum Gasteiger partial charge on any atom is -0.441 e. The lowest BCUT2D eigenvalue weighted by molar-refractivity contribution is 0.00314. The van der Waals surface area contributed by atoms with Crippen LogP contribution in [0.2, 0.25) is 5.02 Å². The molecule has 2 saturated heterocycles. The molecule has 0 unspecified atom stereocenters. The highest BCUT2D eigenvalue weighted by molar-refractivity contribution is 6.30. The van der Waals surface area contributed by atoms with Gasteiger partial charge in [0.15, 0.2) is 0 Å². The molecule has 1 spiro atoms. The molecule has 8 heteroatoms. The van der Waals surface area contributed by atoms with Gasteiger partial charge in [-0.3, -0.25) is 9.89 Å². The second kappa shape index (κ2) is 6.07. The molecule has 0 aliphatic carbocycles. The standard InChI is InChI=1S/C17H17ClN4O3/c18-12-3-1-11(2-4-12)13-9-14(21-20-13)15(23)22-7-5-17(6-8-22)10-19-16(24)25-17/h1-4,9H,5-8,10H2,(H,19,24)(H,20,21). The highest BCUT2D eigenvalue weighted by Crippen LogP contribution is 2.30. The predicted octanol–water partition coefficient (Wildman–Crippen LogP) is 2.44. The van der Waals surface area contributed by atoms with Crippen LogP contribution in [0.3, 0.4) is 0 Å².